The summed E-state index contributed by atoms with van der Waals surface area (Å²) in [4.78, 5) is 11.7. The van der Waals surface area contributed by atoms with Gasteiger partial charge in [-0.25, -0.2) is 5.01 Å². The van der Waals surface area contributed by atoms with E-state index in [1.807, 2.05) is 19.1 Å². The van der Waals surface area contributed by atoms with Gasteiger partial charge in [0.2, 0.25) is 0 Å². The summed E-state index contributed by atoms with van der Waals surface area (Å²) in [7, 11) is 0. The lowest BCUT2D eigenvalue weighted by Gasteiger charge is -2.16. The van der Waals surface area contributed by atoms with Crippen molar-refractivity contribution in [2.24, 2.45) is 5.10 Å². The quantitative estimate of drug-likeness (QED) is 0.724. The van der Waals surface area contributed by atoms with E-state index in [1.54, 1.807) is 0 Å². The van der Waals surface area contributed by atoms with E-state index in [1.165, 1.54) is 16.1 Å². The largest absolute Gasteiger partial charge is 0.272 e. The fourth-order valence-electron chi connectivity index (χ4n) is 2.30. The molecule has 0 saturated heterocycles. The maximum absolute atomic E-state index is 11.7. The highest BCUT2D eigenvalue weighted by atomic mass is 16.2. The molecule has 1 amide bonds. The highest BCUT2D eigenvalue weighted by Crippen LogP contribution is 2.27. The van der Waals surface area contributed by atoms with Crippen LogP contribution in [0, 0.1) is 0 Å². The summed E-state index contributed by atoms with van der Waals surface area (Å²) in [5.74, 6) is 0.0576. The topological polar surface area (TPSA) is 32.7 Å². The highest BCUT2D eigenvalue weighted by molar-refractivity contribution is 6.12. The number of aryl methyl sites for hydroxylation is 1. The first-order valence-electron chi connectivity index (χ1n) is 5.90. The van der Waals surface area contributed by atoms with Gasteiger partial charge in [0.25, 0.3) is 5.91 Å². The molecule has 3 rings (SSSR count). The van der Waals surface area contributed by atoms with Crippen LogP contribution in [0.2, 0.25) is 0 Å². The van der Waals surface area contributed by atoms with Gasteiger partial charge in [-0.15, -0.1) is 0 Å². The lowest BCUT2D eigenvalue weighted by molar-refractivity contribution is -0.116. The summed E-state index contributed by atoms with van der Waals surface area (Å²) >= 11 is 0. The number of carbonyl (C=O) groups excluding carboxylic acids is 1. The number of carbonyl (C=O) groups is 1. The van der Waals surface area contributed by atoms with E-state index in [0.717, 1.165) is 24.2 Å². The number of rotatable bonds is 1. The maximum atomic E-state index is 11.7. The third-order valence-electron chi connectivity index (χ3n) is 3.17. The minimum absolute atomic E-state index is 0.0576. The van der Waals surface area contributed by atoms with Crippen LogP contribution in [-0.2, 0) is 11.2 Å². The molecule has 0 bridgehead atoms. The number of hydrogen-bond donors (Lipinski definition) is 0. The van der Waals surface area contributed by atoms with Crippen molar-refractivity contribution >= 4 is 23.4 Å². The first-order valence-corrected chi connectivity index (χ1v) is 5.90. The highest BCUT2D eigenvalue weighted by Gasteiger charge is 2.23. The molecule has 1 aromatic rings. The van der Waals surface area contributed by atoms with Crippen LogP contribution < -0.4 is 5.01 Å². The molecule has 3 nitrogen and oxygen atoms in total. The first kappa shape index (κ1) is 10.3. The Morgan fingerprint density at radius 2 is 2.24 bits per heavy atom. The van der Waals surface area contributed by atoms with Crippen molar-refractivity contribution in [3.8, 4) is 0 Å². The van der Waals surface area contributed by atoms with E-state index in [9.17, 15) is 4.79 Å². The second-order valence-corrected chi connectivity index (χ2v) is 4.54. The molecular formula is C14H14N2O. The van der Waals surface area contributed by atoms with E-state index in [0.29, 0.717) is 6.42 Å². The monoisotopic (exact) mass is 226 g/mol. The molecule has 1 aliphatic carbocycles. The molecular weight excluding hydrogens is 212 g/mol. The standard InChI is InChI=1S/C14H14N2O/c1-10-8-14(17)16(15-10)13-7-6-11-4-2-3-5-12(11)9-13/h3,5-7,9H,2,4,8H2,1H3. The van der Waals surface area contributed by atoms with Crippen LogP contribution in [0.15, 0.2) is 29.4 Å². The zero-order valence-corrected chi connectivity index (χ0v) is 9.81. The van der Waals surface area contributed by atoms with Crippen LogP contribution in [0.4, 0.5) is 5.69 Å². The minimum atomic E-state index is 0.0576. The number of allylic oxidation sites excluding steroid dienone is 1. The Morgan fingerprint density at radius 1 is 1.35 bits per heavy atom. The van der Waals surface area contributed by atoms with Crippen LogP contribution in [-0.4, -0.2) is 11.6 Å². The van der Waals surface area contributed by atoms with E-state index >= 15 is 0 Å². The summed E-state index contributed by atoms with van der Waals surface area (Å²) < 4.78 is 0. The number of anilines is 1. The molecule has 3 heteroatoms. The predicted molar refractivity (Wildman–Crippen MR) is 69.0 cm³/mol. The Morgan fingerprint density at radius 3 is 3.00 bits per heavy atom. The van der Waals surface area contributed by atoms with Gasteiger partial charge in [-0.3, -0.25) is 4.79 Å². The van der Waals surface area contributed by atoms with Gasteiger partial charge >= 0.3 is 0 Å². The number of fused-ring (bicyclic) bond motifs is 1. The van der Waals surface area contributed by atoms with Gasteiger partial charge in [-0.1, -0.05) is 18.2 Å². The number of nitrogens with zero attached hydrogens (tertiary/aromatic N) is 2. The third-order valence-corrected chi connectivity index (χ3v) is 3.17. The van der Waals surface area contributed by atoms with Crippen LogP contribution in [0.3, 0.4) is 0 Å². The number of benzene rings is 1. The Hall–Kier alpha value is -1.90. The molecule has 1 aliphatic heterocycles. The van der Waals surface area contributed by atoms with E-state index in [-0.39, 0.29) is 5.91 Å². The molecule has 0 unspecified atom stereocenters. The van der Waals surface area contributed by atoms with E-state index < -0.39 is 0 Å². The molecule has 0 N–H and O–H groups in total. The molecule has 0 spiro atoms. The van der Waals surface area contributed by atoms with Gasteiger partial charge in [0, 0.05) is 5.71 Å². The summed E-state index contributed by atoms with van der Waals surface area (Å²) in [5, 5.41) is 5.78. The Balaban J connectivity index is 2.00. The van der Waals surface area contributed by atoms with Gasteiger partial charge in [-0.2, -0.15) is 5.10 Å². The zero-order valence-electron chi connectivity index (χ0n) is 9.81. The first-order chi connectivity index (χ1) is 8.24. The third kappa shape index (κ3) is 1.78. The van der Waals surface area contributed by atoms with Gasteiger partial charge < -0.3 is 0 Å². The summed E-state index contributed by atoms with van der Waals surface area (Å²) in [6, 6.07) is 6.13. The predicted octanol–water partition coefficient (Wildman–Crippen LogP) is 2.76. The van der Waals surface area contributed by atoms with Crippen molar-refractivity contribution in [3.63, 3.8) is 0 Å². The lowest BCUT2D eigenvalue weighted by atomic mass is 9.97. The molecule has 86 valence electrons. The fraction of sp³-hybridized carbons (Fsp3) is 0.286. The SMILES string of the molecule is CC1=NN(c2ccc3c(c2)C=CCC3)C(=O)C1. The van der Waals surface area contributed by atoms with Crippen molar-refractivity contribution in [2.75, 3.05) is 5.01 Å². The molecule has 1 heterocycles. The van der Waals surface area contributed by atoms with Crippen molar-refractivity contribution in [3.05, 3.63) is 35.4 Å². The summed E-state index contributed by atoms with van der Waals surface area (Å²) in [5.41, 5.74) is 4.31. The molecule has 0 radical (unpaired) electrons. The average molecular weight is 226 g/mol. The molecule has 0 saturated carbocycles. The average Bonchev–Trinajstić information content (AvgIpc) is 2.68. The Bertz CT molecular complexity index is 543. The maximum Gasteiger partial charge on any atom is 0.253 e. The van der Waals surface area contributed by atoms with Crippen LogP contribution >= 0.6 is 0 Å². The molecule has 0 aromatic heterocycles. The smallest absolute Gasteiger partial charge is 0.253 e. The second kappa shape index (κ2) is 3.84. The summed E-state index contributed by atoms with van der Waals surface area (Å²) in [6.07, 6.45) is 6.92. The van der Waals surface area contributed by atoms with Crippen molar-refractivity contribution in [1.82, 2.24) is 0 Å². The van der Waals surface area contributed by atoms with Crippen molar-refractivity contribution in [1.29, 1.82) is 0 Å². The Labute approximate surface area is 100 Å². The fourth-order valence-corrected chi connectivity index (χ4v) is 2.30. The van der Waals surface area contributed by atoms with E-state index in [4.69, 9.17) is 0 Å². The molecule has 17 heavy (non-hydrogen) atoms. The number of hydrogen-bond acceptors (Lipinski definition) is 2. The second-order valence-electron chi connectivity index (χ2n) is 4.54. The molecule has 2 aliphatic rings. The molecule has 0 atom stereocenters. The summed E-state index contributed by atoms with van der Waals surface area (Å²) in [6.45, 7) is 1.89. The van der Waals surface area contributed by atoms with Gasteiger partial charge in [0.15, 0.2) is 0 Å². The Kier molecular flexibility index (Phi) is 2.32. The number of amides is 1. The normalized spacial score (nSPS) is 18.3. The molecule has 1 aromatic carbocycles. The number of hydrazone groups is 1. The van der Waals surface area contributed by atoms with Crippen LogP contribution in [0.1, 0.15) is 30.9 Å². The minimum Gasteiger partial charge on any atom is -0.272 e. The van der Waals surface area contributed by atoms with Gasteiger partial charge in [0.05, 0.1) is 12.1 Å². The van der Waals surface area contributed by atoms with Gasteiger partial charge in [0.1, 0.15) is 0 Å². The zero-order chi connectivity index (χ0) is 11.8. The van der Waals surface area contributed by atoms with Crippen molar-refractivity contribution in [2.45, 2.75) is 26.2 Å². The van der Waals surface area contributed by atoms with Crippen molar-refractivity contribution < 1.29 is 4.79 Å². The van der Waals surface area contributed by atoms with E-state index in [2.05, 4.69) is 23.3 Å². The van der Waals surface area contributed by atoms with Gasteiger partial charge in [-0.05, 0) is 43.0 Å². The van der Waals surface area contributed by atoms with Crippen LogP contribution in [0.25, 0.3) is 6.08 Å². The van der Waals surface area contributed by atoms with Crippen LogP contribution in [0.5, 0.6) is 0 Å². The molecule has 0 fully saturated rings. The lowest BCUT2D eigenvalue weighted by Crippen LogP contribution is -2.19.